The summed E-state index contributed by atoms with van der Waals surface area (Å²) in [5.74, 6) is 0.00157. The number of benzene rings is 1. The lowest BCUT2D eigenvalue weighted by atomic mass is 10.2. The summed E-state index contributed by atoms with van der Waals surface area (Å²) in [6.07, 6.45) is 0.790. The summed E-state index contributed by atoms with van der Waals surface area (Å²) in [6.45, 7) is 2.58. The average Bonchev–Trinajstić information content (AvgIpc) is 2.25. The molecular formula is C12H14Br2ClNO. The van der Waals surface area contributed by atoms with Crippen LogP contribution < -0.4 is 0 Å². The van der Waals surface area contributed by atoms with Gasteiger partial charge in [0.15, 0.2) is 0 Å². The summed E-state index contributed by atoms with van der Waals surface area (Å²) in [7, 11) is 1.79. The molecule has 1 atom stereocenters. The highest BCUT2D eigenvalue weighted by Crippen LogP contribution is 2.23. The molecule has 0 saturated heterocycles. The van der Waals surface area contributed by atoms with E-state index in [4.69, 9.17) is 11.6 Å². The smallest absolute Gasteiger partial charge is 0.254 e. The minimum atomic E-state index is 0.00157. The van der Waals surface area contributed by atoms with Crippen LogP contribution in [0.1, 0.15) is 23.7 Å². The van der Waals surface area contributed by atoms with Gasteiger partial charge in [-0.05, 0) is 47.5 Å². The molecule has 0 saturated carbocycles. The lowest BCUT2D eigenvalue weighted by molar-refractivity contribution is 0.0793. The highest BCUT2D eigenvalue weighted by atomic mass is 79.9. The van der Waals surface area contributed by atoms with Gasteiger partial charge in [0.1, 0.15) is 0 Å². The zero-order chi connectivity index (χ0) is 13.0. The second kappa shape index (κ2) is 6.76. The molecule has 0 fully saturated rings. The SMILES string of the molecule is CC(Cl)CCN(C)C(=O)c1ccc(Br)cc1Br. The van der Waals surface area contributed by atoms with Gasteiger partial charge < -0.3 is 4.90 Å². The van der Waals surface area contributed by atoms with E-state index in [-0.39, 0.29) is 11.3 Å². The van der Waals surface area contributed by atoms with Crippen molar-refractivity contribution in [2.75, 3.05) is 13.6 Å². The number of alkyl halides is 1. The first-order valence-electron chi connectivity index (χ1n) is 5.26. The minimum absolute atomic E-state index is 0.00157. The molecule has 1 amide bonds. The highest BCUT2D eigenvalue weighted by Gasteiger charge is 2.15. The van der Waals surface area contributed by atoms with Crippen LogP contribution in [-0.4, -0.2) is 29.8 Å². The summed E-state index contributed by atoms with van der Waals surface area (Å²) in [5.41, 5.74) is 0.665. The van der Waals surface area contributed by atoms with Gasteiger partial charge in [-0.3, -0.25) is 4.79 Å². The van der Waals surface area contributed by atoms with Gasteiger partial charge in [-0.25, -0.2) is 0 Å². The molecule has 17 heavy (non-hydrogen) atoms. The Balaban J connectivity index is 2.75. The molecule has 1 aromatic carbocycles. The van der Waals surface area contributed by atoms with E-state index in [0.717, 1.165) is 15.4 Å². The maximum Gasteiger partial charge on any atom is 0.254 e. The number of carbonyl (C=O) groups excluding carboxylic acids is 1. The maximum absolute atomic E-state index is 12.1. The highest BCUT2D eigenvalue weighted by molar-refractivity contribution is 9.11. The van der Waals surface area contributed by atoms with Gasteiger partial charge in [-0.15, -0.1) is 11.6 Å². The van der Waals surface area contributed by atoms with Crippen LogP contribution in [0.25, 0.3) is 0 Å². The quantitative estimate of drug-likeness (QED) is 0.710. The normalized spacial score (nSPS) is 12.3. The van der Waals surface area contributed by atoms with Crippen LogP contribution in [0.3, 0.4) is 0 Å². The Morgan fingerprint density at radius 3 is 2.65 bits per heavy atom. The molecule has 1 aromatic rings. The third kappa shape index (κ3) is 4.60. The molecule has 5 heteroatoms. The van der Waals surface area contributed by atoms with Crippen molar-refractivity contribution < 1.29 is 4.79 Å². The van der Waals surface area contributed by atoms with Gasteiger partial charge in [-0.2, -0.15) is 0 Å². The first-order valence-corrected chi connectivity index (χ1v) is 7.28. The number of amides is 1. The van der Waals surface area contributed by atoms with Crippen LogP contribution in [0.4, 0.5) is 0 Å². The Hall–Kier alpha value is -0.0600. The number of rotatable bonds is 4. The van der Waals surface area contributed by atoms with Crippen LogP contribution in [-0.2, 0) is 0 Å². The molecule has 1 rings (SSSR count). The molecule has 0 aliphatic carbocycles. The van der Waals surface area contributed by atoms with Crippen molar-refractivity contribution in [1.29, 1.82) is 0 Å². The molecule has 1 unspecified atom stereocenters. The van der Waals surface area contributed by atoms with Crippen molar-refractivity contribution in [3.63, 3.8) is 0 Å². The molecule has 0 aromatic heterocycles. The van der Waals surface area contributed by atoms with E-state index in [9.17, 15) is 4.79 Å². The van der Waals surface area contributed by atoms with Crippen LogP contribution in [0.5, 0.6) is 0 Å². The second-order valence-electron chi connectivity index (χ2n) is 3.92. The molecule has 0 bridgehead atoms. The fraction of sp³-hybridized carbons (Fsp3) is 0.417. The second-order valence-corrected chi connectivity index (χ2v) is 6.44. The Kier molecular flexibility index (Phi) is 5.97. The van der Waals surface area contributed by atoms with Crippen LogP contribution in [0.2, 0.25) is 0 Å². The predicted molar refractivity (Wildman–Crippen MR) is 78.7 cm³/mol. The van der Waals surface area contributed by atoms with E-state index in [1.54, 1.807) is 18.0 Å². The summed E-state index contributed by atoms with van der Waals surface area (Å²) >= 11 is 12.6. The largest absolute Gasteiger partial charge is 0.342 e. The molecular weight excluding hydrogens is 369 g/mol. The fourth-order valence-corrected chi connectivity index (χ4v) is 2.66. The first-order chi connectivity index (χ1) is 7.91. The van der Waals surface area contributed by atoms with Crippen molar-refractivity contribution in [3.05, 3.63) is 32.7 Å². The predicted octanol–water partition coefficient (Wildman–Crippen LogP) is 4.30. The van der Waals surface area contributed by atoms with E-state index in [1.165, 1.54) is 0 Å². The number of hydrogen-bond acceptors (Lipinski definition) is 1. The van der Waals surface area contributed by atoms with Gasteiger partial charge >= 0.3 is 0 Å². The van der Waals surface area contributed by atoms with Crippen molar-refractivity contribution in [1.82, 2.24) is 4.90 Å². The molecule has 0 heterocycles. The van der Waals surface area contributed by atoms with Crippen LogP contribution in [0, 0.1) is 0 Å². The number of nitrogens with zero attached hydrogens (tertiary/aromatic N) is 1. The summed E-state index contributed by atoms with van der Waals surface area (Å²) < 4.78 is 1.74. The monoisotopic (exact) mass is 381 g/mol. The van der Waals surface area contributed by atoms with Crippen LogP contribution >= 0.6 is 43.5 Å². The Morgan fingerprint density at radius 1 is 1.47 bits per heavy atom. The van der Waals surface area contributed by atoms with Gasteiger partial charge in [0.2, 0.25) is 0 Å². The number of halogens is 3. The Bertz CT molecular complexity index is 409. The molecule has 0 N–H and O–H groups in total. The van der Waals surface area contributed by atoms with Gasteiger partial charge in [0.25, 0.3) is 5.91 Å². The van der Waals surface area contributed by atoms with E-state index < -0.39 is 0 Å². The number of hydrogen-bond donors (Lipinski definition) is 0. The lowest BCUT2D eigenvalue weighted by Crippen LogP contribution is -2.29. The minimum Gasteiger partial charge on any atom is -0.342 e. The van der Waals surface area contributed by atoms with E-state index in [2.05, 4.69) is 31.9 Å². The number of carbonyl (C=O) groups is 1. The summed E-state index contributed by atoms with van der Waals surface area (Å²) in [6, 6.07) is 5.53. The standard InChI is InChI=1S/C12H14Br2ClNO/c1-8(15)5-6-16(2)12(17)10-4-3-9(13)7-11(10)14/h3-4,7-8H,5-6H2,1-2H3. The Labute approximate surface area is 124 Å². The van der Waals surface area contributed by atoms with Gasteiger partial charge in [0.05, 0.1) is 5.56 Å². The molecule has 0 aliphatic rings. The lowest BCUT2D eigenvalue weighted by Gasteiger charge is -2.18. The van der Waals surface area contributed by atoms with E-state index >= 15 is 0 Å². The van der Waals surface area contributed by atoms with Crippen molar-refractivity contribution in [3.8, 4) is 0 Å². The maximum atomic E-state index is 12.1. The molecule has 0 aliphatic heterocycles. The fourth-order valence-electron chi connectivity index (χ4n) is 1.34. The third-order valence-electron chi connectivity index (χ3n) is 2.37. The van der Waals surface area contributed by atoms with E-state index in [1.807, 2.05) is 19.1 Å². The average molecular weight is 384 g/mol. The molecule has 0 spiro atoms. The van der Waals surface area contributed by atoms with Crippen molar-refractivity contribution >= 4 is 49.4 Å². The zero-order valence-electron chi connectivity index (χ0n) is 9.71. The summed E-state index contributed by atoms with van der Waals surface area (Å²) in [5, 5.41) is 0.0820. The third-order valence-corrected chi connectivity index (χ3v) is 3.74. The summed E-state index contributed by atoms with van der Waals surface area (Å²) in [4.78, 5) is 13.8. The van der Waals surface area contributed by atoms with Gasteiger partial charge in [0, 0.05) is 27.9 Å². The Morgan fingerprint density at radius 2 is 2.12 bits per heavy atom. The van der Waals surface area contributed by atoms with Crippen molar-refractivity contribution in [2.24, 2.45) is 0 Å². The van der Waals surface area contributed by atoms with Gasteiger partial charge in [-0.1, -0.05) is 15.9 Å². The molecule has 2 nitrogen and oxygen atoms in total. The molecule has 0 radical (unpaired) electrons. The van der Waals surface area contributed by atoms with Crippen molar-refractivity contribution in [2.45, 2.75) is 18.7 Å². The zero-order valence-corrected chi connectivity index (χ0v) is 13.6. The van der Waals surface area contributed by atoms with E-state index in [0.29, 0.717) is 12.1 Å². The first kappa shape index (κ1) is 15.0. The topological polar surface area (TPSA) is 20.3 Å². The van der Waals surface area contributed by atoms with Crippen LogP contribution in [0.15, 0.2) is 27.1 Å². The molecule has 94 valence electrons.